The van der Waals surface area contributed by atoms with E-state index in [1.165, 1.54) is 18.2 Å². The third-order valence-corrected chi connectivity index (χ3v) is 4.68. The van der Waals surface area contributed by atoms with Crippen molar-refractivity contribution in [3.05, 3.63) is 47.7 Å². The first kappa shape index (κ1) is 18.7. The summed E-state index contributed by atoms with van der Waals surface area (Å²) in [7, 11) is 0. The molecule has 0 aromatic heterocycles. The zero-order valence-electron chi connectivity index (χ0n) is 13.8. The molecule has 1 amide bonds. The molecule has 2 saturated heterocycles. The van der Waals surface area contributed by atoms with Gasteiger partial charge in [-0.3, -0.25) is 4.79 Å². The monoisotopic (exact) mass is 385 g/mol. The summed E-state index contributed by atoms with van der Waals surface area (Å²) in [4.78, 5) is 14.6. The molecule has 9 heteroatoms. The standard InChI is InChI=1S/C17H18F3N3O2S/c1-10-13(15(24)23-6-8-25-9-7-23)14(22-16(26)21-10)11-4-2-3-5-12(11)17(18,19)20/h2-5,13-14H,1,6-9H2,(H2,21,22,26)/t13-,14-/m1/s1. The molecule has 0 radical (unpaired) electrons. The summed E-state index contributed by atoms with van der Waals surface area (Å²) in [5, 5.41) is 5.74. The number of amides is 1. The fourth-order valence-electron chi connectivity index (χ4n) is 3.24. The summed E-state index contributed by atoms with van der Waals surface area (Å²) < 4.78 is 45.6. The van der Waals surface area contributed by atoms with Gasteiger partial charge in [-0.05, 0) is 23.8 Å². The van der Waals surface area contributed by atoms with Crippen LogP contribution in [0.5, 0.6) is 0 Å². The SMILES string of the molecule is C=C1NC(=S)N[C@H](c2ccccc2C(F)(F)F)[C@@H]1C(=O)N1CCOCC1. The van der Waals surface area contributed by atoms with Crippen molar-refractivity contribution in [3.63, 3.8) is 0 Å². The quantitative estimate of drug-likeness (QED) is 0.765. The van der Waals surface area contributed by atoms with E-state index in [0.29, 0.717) is 26.3 Å². The van der Waals surface area contributed by atoms with Gasteiger partial charge in [-0.2, -0.15) is 13.2 Å². The van der Waals surface area contributed by atoms with Crippen molar-refractivity contribution in [2.45, 2.75) is 12.2 Å². The average molecular weight is 385 g/mol. The van der Waals surface area contributed by atoms with Crippen molar-refractivity contribution in [1.82, 2.24) is 15.5 Å². The highest BCUT2D eigenvalue weighted by Gasteiger charge is 2.43. The van der Waals surface area contributed by atoms with Gasteiger partial charge in [0.15, 0.2) is 5.11 Å². The summed E-state index contributed by atoms with van der Waals surface area (Å²) in [6, 6.07) is 4.24. The Bertz CT molecular complexity index is 732. The number of alkyl halides is 3. The molecule has 2 fully saturated rings. The number of nitrogens with one attached hydrogen (secondary N) is 2. The van der Waals surface area contributed by atoms with Gasteiger partial charge in [0.2, 0.25) is 5.91 Å². The largest absolute Gasteiger partial charge is 0.416 e. The molecule has 5 nitrogen and oxygen atoms in total. The van der Waals surface area contributed by atoms with Crippen LogP contribution in [-0.4, -0.2) is 42.2 Å². The van der Waals surface area contributed by atoms with Gasteiger partial charge in [0.05, 0.1) is 24.8 Å². The predicted molar refractivity (Wildman–Crippen MR) is 93.1 cm³/mol. The highest BCUT2D eigenvalue weighted by molar-refractivity contribution is 7.80. The van der Waals surface area contributed by atoms with Crippen molar-refractivity contribution in [1.29, 1.82) is 0 Å². The number of benzene rings is 1. The lowest BCUT2D eigenvalue weighted by Gasteiger charge is -2.39. The zero-order valence-corrected chi connectivity index (χ0v) is 14.6. The van der Waals surface area contributed by atoms with Crippen molar-refractivity contribution >= 4 is 23.2 Å². The maximum absolute atomic E-state index is 13.5. The highest BCUT2D eigenvalue weighted by Crippen LogP contribution is 2.39. The van der Waals surface area contributed by atoms with Crippen LogP contribution in [0.3, 0.4) is 0 Å². The number of ether oxygens (including phenoxy) is 1. The van der Waals surface area contributed by atoms with Gasteiger partial charge < -0.3 is 20.3 Å². The topological polar surface area (TPSA) is 53.6 Å². The van der Waals surface area contributed by atoms with Gasteiger partial charge >= 0.3 is 6.18 Å². The molecule has 1 aromatic rings. The van der Waals surface area contributed by atoms with E-state index < -0.39 is 23.7 Å². The summed E-state index contributed by atoms with van der Waals surface area (Å²) in [5.74, 6) is -1.22. The molecule has 0 aliphatic carbocycles. The maximum atomic E-state index is 13.5. The van der Waals surface area contributed by atoms with Crippen molar-refractivity contribution in [2.24, 2.45) is 5.92 Å². The number of rotatable bonds is 2. The molecular weight excluding hydrogens is 367 g/mol. The molecule has 2 aliphatic rings. The smallest absolute Gasteiger partial charge is 0.378 e. The highest BCUT2D eigenvalue weighted by atomic mass is 32.1. The van der Waals surface area contributed by atoms with E-state index in [2.05, 4.69) is 17.2 Å². The van der Waals surface area contributed by atoms with E-state index in [1.54, 1.807) is 4.90 Å². The van der Waals surface area contributed by atoms with Gasteiger partial charge in [0, 0.05) is 18.8 Å². The Morgan fingerprint density at radius 3 is 2.58 bits per heavy atom. The molecule has 0 saturated carbocycles. The van der Waals surface area contributed by atoms with Crippen molar-refractivity contribution in [2.75, 3.05) is 26.3 Å². The van der Waals surface area contributed by atoms with E-state index in [-0.39, 0.29) is 22.3 Å². The van der Waals surface area contributed by atoms with Crippen LogP contribution in [0.2, 0.25) is 0 Å². The first-order valence-electron chi connectivity index (χ1n) is 8.08. The number of nitrogens with zero attached hydrogens (tertiary/aromatic N) is 1. The Kier molecular flexibility index (Phi) is 5.19. The van der Waals surface area contributed by atoms with Crippen LogP contribution in [0.4, 0.5) is 13.2 Å². The Labute approximate surface area is 154 Å². The van der Waals surface area contributed by atoms with Crippen molar-refractivity contribution in [3.8, 4) is 0 Å². The second-order valence-electron chi connectivity index (χ2n) is 6.10. The molecular formula is C17H18F3N3O2S. The first-order valence-corrected chi connectivity index (χ1v) is 8.49. The molecule has 0 unspecified atom stereocenters. The van der Waals surface area contributed by atoms with Gasteiger partial charge in [0.25, 0.3) is 0 Å². The molecule has 3 rings (SSSR count). The second kappa shape index (κ2) is 7.24. The molecule has 2 heterocycles. The average Bonchev–Trinajstić information content (AvgIpc) is 2.60. The molecule has 2 atom stereocenters. The van der Waals surface area contributed by atoms with E-state index in [0.717, 1.165) is 6.07 Å². The number of thiocarbonyl (C=S) groups is 1. The summed E-state index contributed by atoms with van der Waals surface area (Å²) >= 11 is 5.08. The fraction of sp³-hybridized carbons (Fsp3) is 0.412. The van der Waals surface area contributed by atoms with Gasteiger partial charge in [0.1, 0.15) is 5.92 Å². The molecule has 0 bridgehead atoms. The minimum Gasteiger partial charge on any atom is -0.378 e. The van der Waals surface area contributed by atoms with Gasteiger partial charge in [-0.15, -0.1) is 0 Å². The number of hydrogen-bond acceptors (Lipinski definition) is 3. The van der Waals surface area contributed by atoms with Crippen LogP contribution in [0.1, 0.15) is 17.2 Å². The molecule has 26 heavy (non-hydrogen) atoms. The van der Waals surface area contributed by atoms with Crippen molar-refractivity contribution < 1.29 is 22.7 Å². The Balaban J connectivity index is 2.00. The fourth-order valence-corrected chi connectivity index (χ4v) is 3.50. The number of carbonyl (C=O) groups excluding carboxylic acids is 1. The lowest BCUT2D eigenvalue weighted by atomic mass is 9.85. The van der Waals surface area contributed by atoms with Crippen LogP contribution in [0.15, 0.2) is 36.5 Å². The van der Waals surface area contributed by atoms with E-state index in [4.69, 9.17) is 17.0 Å². The lowest BCUT2D eigenvalue weighted by molar-refractivity contribution is -0.142. The molecule has 1 aromatic carbocycles. The minimum absolute atomic E-state index is 0.0309. The third-order valence-electron chi connectivity index (χ3n) is 4.46. The van der Waals surface area contributed by atoms with Crippen LogP contribution < -0.4 is 10.6 Å². The molecule has 2 N–H and O–H groups in total. The Morgan fingerprint density at radius 1 is 1.27 bits per heavy atom. The minimum atomic E-state index is -4.54. The third kappa shape index (κ3) is 3.68. The number of carbonyl (C=O) groups is 1. The van der Waals surface area contributed by atoms with Gasteiger partial charge in [-0.25, -0.2) is 0 Å². The van der Waals surface area contributed by atoms with Crippen LogP contribution >= 0.6 is 12.2 Å². The Morgan fingerprint density at radius 2 is 1.92 bits per heavy atom. The second-order valence-corrected chi connectivity index (χ2v) is 6.51. The molecule has 140 valence electrons. The maximum Gasteiger partial charge on any atom is 0.416 e. The summed E-state index contributed by atoms with van der Waals surface area (Å²) in [6.07, 6.45) is -4.54. The normalized spacial score (nSPS) is 24.0. The zero-order chi connectivity index (χ0) is 18.9. The van der Waals surface area contributed by atoms with E-state index in [1.807, 2.05) is 0 Å². The Hall–Kier alpha value is -2.13. The predicted octanol–water partition coefficient (Wildman–Crippen LogP) is 2.21. The number of morpholine rings is 1. The summed E-state index contributed by atoms with van der Waals surface area (Å²) in [5.41, 5.74) is -0.543. The summed E-state index contributed by atoms with van der Waals surface area (Å²) in [6.45, 7) is 5.40. The number of hydrogen-bond donors (Lipinski definition) is 2. The van der Waals surface area contributed by atoms with E-state index >= 15 is 0 Å². The van der Waals surface area contributed by atoms with Gasteiger partial charge in [-0.1, -0.05) is 24.8 Å². The van der Waals surface area contributed by atoms with Crippen LogP contribution in [0, 0.1) is 5.92 Å². The molecule has 0 spiro atoms. The lowest BCUT2D eigenvalue weighted by Crippen LogP contribution is -2.55. The van der Waals surface area contributed by atoms with Crippen LogP contribution in [-0.2, 0) is 15.7 Å². The van der Waals surface area contributed by atoms with Crippen LogP contribution in [0.25, 0.3) is 0 Å². The van der Waals surface area contributed by atoms with E-state index in [9.17, 15) is 18.0 Å². The first-order chi connectivity index (χ1) is 12.3. The number of halogens is 3. The molecule has 2 aliphatic heterocycles.